The zero-order chi connectivity index (χ0) is 17.1. The van der Waals surface area contributed by atoms with E-state index >= 15 is 0 Å². The van der Waals surface area contributed by atoms with E-state index in [1.807, 2.05) is 42.5 Å². The number of aromatic nitrogens is 2. The molecule has 1 aromatic heterocycles. The van der Waals surface area contributed by atoms with E-state index in [1.165, 1.54) is 5.56 Å². The number of hydrogen-bond donors (Lipinski definition) is 1. The Hall–Kier alpha value is -2.97. The summed E-state index contributed by atoms with van der Waals surface area (Å²) in [5.74, 6) is 0.348. The smallest absolute Gasteiger partial charge is 0.186 e. The van der Waals surface area contributed by atoms with E-state index in [4.69, 9.17) is 4.74 Å². The van der Waals surface area contributed by atoms with Gasteiger partial charge in [0.25, 0.3) is 0 Å². The first-order valence-corrected chi connectivity index (χ1v) is 8.43. The molecule has 2 heterocycles. The minimum Gasteiger partial charge on any atom is -0.382 e. The molecule has 5 heteroatoms. The van der Waals surface area contributed by atoms with Crippen molar-refractivity contribution in [3.05, 3.63) is 65.9 Å². The Morgan fingerprint density at radius 1 is 1.08 bits per heavy atom. The van der Waals surface area contributed by atoms with Gasteiger partial charge in [-0.15, -0.1) is 10.2 Å². The summed E-state index contributed by atoms with van der Waals surface area (Å²) in [5, 5.41) is 21.9. The molecule has 0 amide bonds. The zero-order valence-electron chi connectivity index (χ0n) is 13.7. The molecule has 25 heavy (non-hydrogen) atoms. The van der Waals surface area contributed by atoms with Crippen molar-refractivity contribution in [1.82, 2.24) is 10.2 Å². The molecule has 0 spiro atoms. The summed E-state index contributed by atoms with van der Waals surface area (Å²) in [5.41, 5.74) is 3.07. The Morgan fingerprint density at radius 3 is 2.72 bits per heavy atom. The molecule has 1 aliphatic rings. The maximum atomic E-state index is 9.38. The van der Waals surface area contributed by atoms with E-state index in [-0.39, 0.29) is 6.10 Å². The van der Waals surface area contributed by atoms with Crippen LogP contribution in [-0.2, 0) is 4.74 Å². The van der Waals surface area contributed by atoms with Gasteiger partial charge in [0.1, 0.15) is 6.07 Å². The second kappa shape index (κ2) is 6.88. The highest BCUT2D eigenvalue weighted by Crippen LogP contribution is 2.35. The lowest BCUT2D eigenvalue weighted by Gasteiger charge is -2.20. The number of nitrogens with zero attached hydrogens (tertiary/aromatic N) is 3. The first-order chi connectivity index (χ1) is 12.4. The van der Waals surface area contributed by atoms with Gasteiger partial charge in [0.15, 0.2) is 5.69 Å². The fraction of sp³-hybridized carbons (Fsp3) is 0.250. The van der Waals surface area contributed by atoms with Crippen LogP contribution in [0.25, 0.3) is 10.9 Å². The van der Waals surface area contributed by atoms with E-state index in [1.54, 1.807) is 0 Å². The number of nitriles is 1. The second-order valence-electron chi connectivity index (χ2n) is 6.18. The highest BCUT2D eigenvalue weighted by Gasteiger charge is 2.29. The Balaban J connectivity index is 1.59. The van der Waals surface area contributed by atoms with Crippen molar-refractivity contribution in [2.75, 3.05) is 18.5 Å². The van der Waals surface area contributed by atoms with E-state index in [2.05, 4.69) is 33.7 Å². The molecule has 0 saturated carbocycles. The third kappa shape index (κ3) is 3.04. The molecule has 1 aliphatic heterocycles. The molecule has 0 aliphatic carbocycles. The summed E-state index contributed by atoms with van der Waals surface area (Å²) in [4.78, 5) is 0. The molecule has 1 fully saturated rings. The van der Waals surface area contributed by atoms with Crippen LogP contribution in [0, 0.1) is 17.2 Å². The molecule has 2 atom stereocenters. The van der Waals surface area contributed by atoms with Gasteiger partial charge in [0, 0.05) is 24.5 Å². The number of ether oxygens (including phenoxy) is 1. The Kier molecular flexibility index (Phi) is 4.28. The molecular weight excluding hydrogens is 312 g/mol. The van der Waals surface area contributed by atoms with E-state index in [0.29, 0.717) is 11.6 Å². The molecule has 2 aromatic carbocycles. The van der Waals surface area contributed by atoms with Crippen LogP contribution in [0.2, 0.25) is 0 Å². The van der Waals surface area contributed by atoms with E-state index in [0.717, 1.165) is 36.2 Å². The molecule has 1 saturated heterocycles. The summed E-state index contributed by atoms with van der Waals surface area (Å²) < 4.78 is 5.95. The fourth-order valence-electron chi connectivity index (χ4n) is 3.40. The molecule has 1 N–H and O–H groups in total. The van der Waals surface area contributed by atoms with Crippen LogP contribution in [0.5, 0.6) is 0 Å². The minimum atomic E-state index is 0.0836. The normalized spacial score (nSPS) is 19.6. The van der Waals surface area contributed by atoms with Crippen LogP contribution in [0.1, 0.15) is 23.8 Å². The lowest BCUT2D eigenvalue weighted by atomic mass is 9.95. The molecule has 0 bridgehead atoms. The highest BCUT2D eigenvalue weighted by atomic mass is 16.5. The van der Waals surface area contributed by atoms with Crippen molar-refractivity contribution in [2.24, 2.45) is 5.92 Å². The highest BCUT2D eigenvalue weighted by molar-refractivity contribution is 5.92. The standard InChI is InChI=1S/C20H18N4O/c21-12-18-19(16-8-4-5-9-17(16)23-24-18)22-13-15-10-11-25-20(15)14-6-2-1-3-7-14/h1-9,15,20H,10-11,13H2,(H,22,23)/t15-,20-/m1/s1. The summed E-state index contributed by atoms with van der Waals surface area (Å²) in [7, 11) is 0. The monoisotopic (exact) mass is 330 g/mol. The van der Waals surface area contributed by atoms with Crippen molar-refractivity contribution >= 4 is 16.6 Å². The fourth-order valence-corrected chi connectivity index (χ4v) is 3.40. The van der Waals surface area contributed by atoms with Gasteiger partial charge < -0.3 is 10.1 Å². The van der Waals surface area contributed by atoms with Crippen molar-refractivity contribution in [3.8, 4) is 6.07 Å². The van der Waals surface area contributed by atoms with E-state index < -0.39 is 0 Å². The predicted molar refractivity (Wildman–Crippen MR) is 96.0 cm³/mol. The summed E-state index contributed by atoms with van der Waals surface area (Å²) in [6.45, 7) is 1.48. The number of hydrogen-bond acceptors (Lipinski definition) is 5. The van der Waals surface area contributed by atoms with Crippen LogP contribution in [0.3, 0.4) is 0 Å². The largest absolute Gasteiger partial charge is 0.382 e. The average Bonchev–Trinajstić information content (AvgIpc) is 3.15. The Bertz CT molecular complexity index is 920. The zero-order valence-corrected chi connectivity index (χ0v) is 13.7. The van der Waals surface area contributed by atoms with Gasteiger partial charge >= 0.3 is 0 Å². The average molecular weight is 330 g/mol. The lowest BCUT2D eigenvalue weighted by Crippen LogP contribution is -2.19. The van der Waals surface area contributed by atoms with Gasteiger partial charge in [-0.2, -0.15) is 5.26 Å². The SMILES string of the molecule is N#Cc1nnc2ccccc2c1NC[C@H]1CCO[C@@H]1c1ccccc1. The number of fused-ring (bicyclic) bond motifs is 1. The van der Waals surface area contributed by atoms with Gasteiger partial charge in [-0.25, -0.2) is 0 Å². The number of anilines is 1. The van der Waals surface area contributed by atoms with Crippen molar-refractivity contribution in [2.45, 2.75) is 12.5 Å². The molecule has 0 unspecified atom stereocenters. The molecule has 5 nitrogen and oxygen atoms in total. The topological polar surface area (TPSA) is 70.8 Å². The quantitative estimate of drug-likeness (QED) is 0.790. The maximum absolute atomic E-state index is 9.38. The van der Waals surface area contributed by atoms with Crippen molar-refractivity contribution < 1.29 is 4.74 Å². The molecule has 3 aromatic rings. The van der Waals surface area contributed by atoms with E-state index in [9.17, 15) is 5.26 Å². The first-order valence-electron chi connectivity index (χ1n) is 8.43. The molecule has 4 rings (SSSR count). The van der Waals surface area contributed by atoms with Gasteiger partial charge in [-0.1, -0.05) is 48.5 Å². The Labute approximate surface area is 146 Å². The number of nitrogens with one attached hydrogen (secondary N) is 1. The van der Waals surface area contributed by atoms with Gasteiger partial charge in [-0.05, 0) is 18.1 Å². The maximum Gasteiger partial charge on any atom is 0.186 e. The van der Waals surface area contributed by atoms with Crippen molar-refractivity contribution in [1.29, 1.82) is 5.26 Å². The van der Waals surface area contributed by atoms with Crippen LogP contribution >= 0.6 is 0 Å². The molecular formula is C20H18N4O. The van der Waals surface area contributed by atoms with Crippen LogP contribution in [-0.4, -0.2) is 23.3 Å². The third-order valence-electron chi connectivity index (χ3n) is 4.66. The lowest BCUT2D eigenvalue weighted by molar-refractivity contribution is 0.0933. The second-order valence-corrected chi connectivity index (χ2v) is 6.18. The third-order valence-corrected chi connectivity index (χ3v) is 4.66. The molecule has 124 valence electrons. The summed E-state index contributed by atoms with van der Waals surface area (Å²) in [6.07, 6.45) is 1.07. The summed E-state index contributed by atoms with van der Waals surface area (Å²) in [6, 6.07) is 20.2. The summed E-state index contributed by atoms with van der Waals surface area (Å²) >= 11 is 0. The van der Waals surface area contributed by atoms with Crippen LogP contribution < -0.4 is 5.32 Å². The molecule has 0 radical (unpaired) electrons. The number of benzene rings is 2. The van der Waals surface area contributed by atoms with Gasteiger partial charge in [-0.3, -0.25) is 0 Å². The van der Waals surface area contributed by atoms with Crippen LogP contribution in [0.4, 0.5) is 5.69 Å². The Morgan fingerprint density at radius 2 is 1.88 bits per heavy atom. The van der Waals surface area contributed by atoms with Gasteiger partial charge in [0.05, 0.1) is 17.3 Å². The number of rotatable bonds is 4. The minimum absolute atomic E-state index is 0.0836. The first kappa shape index (κ1) is 15.6. The van der Waals surface area contributed by atoms with Crippen LogP contribution in [0.15, 0.2) is 54.6 Å². The van der Waals surface area contributed by atoms with Gasteiger partial charge in [0.2, 0.25) is 0 Å². The van der Waals surface area contributed by atoms with Crippen molar-refractivity contribution in [3.63, 3.8) is 0 Å². The predicted octanol–water partition coefficient (Wildman–Crippen LogP) is 3.69.